The number of ether oxygens (including phenoxy) is 1. The number of nitrogens with two attached hydrogens (primary N) is 1. The van der Waals surface area contributed by atoms with Gasteiger partial charge in [0.05, 0.1) is 19.1 Å². The molecule has 1 saturated heterocycles. The molecule has 2 rings (SSSR count). The van der Waals surface area contributed by atoms with Crippen LogP contribution in [0.25, 0.3) is 0 Å². The molecule has 3 atom stereocenters. The largest absolute Gasteiger partial charge is 0.480 e. The molecule has 94 valence electrons. The third-order valence-corrected chi connectivity index (χ3v) is 3.13. The van der Waals surface area contributed by atoms with Gasteiger partial charge in [0.25, 0.3) is 0 Å². The highest BCUT2D eigenvalue weighted by Crippen LogP contribution is 2.21. The summed E-state index contributed by atoms with van der Waals surface area (Å²) < 4.78 is 5.09. The molecular weight excluding hydrogens is 224 g/mol. The highest BCUT2D eigenvalue weighted by atomic mass is 16.5. The fourth-order valence-corrected chi connectivity index (χ4v) is 2.20. The number of aliphatic carboxylic acids is 1. The van der Waals surface area contributed by atoms with E-state index in [-0.39, 0.29) is 24.5 Å². The molecule has 17 heavy (non-hydrogen) atoms. The van der Waals surface area contributed by atoms with Gasteiger partial charge in [-0.3, -0.25) is 4.79 Å². The van der Waals surface area contributed by atoms with Crippen LogP contribution in [0, 0.1) is 5.92 Å². The fraction of sp³-hybridized carbons (Fsp3) is 0.636. The van der Waals surface area contributed by atoms with Gasteiger partial charge in [-0.1, -0.05) is 12.2 Å². The smallest absolute Gasteiger partial charge is 0.328 e. The van der Waals surface area contributed by atoms with Crippen LogP contribution in [0.5, 0.6) is 0 Å². The molecule has 6 heteroatoms. The molecule has 0 aromatic rings. The minimum absolute atomic E-state index is 0.0591. The summed E-state index contributed by atoms with van der Waals surface area (Å²) >= 11 is 0. The van der Waals surface area contributed by atoms with Crippen molar-refractivity contribution in [1.29, 1.82) is 0 Å². The van der Waals surface area contributed by atoms with E-state index in [1.165, 1.54) is 4.90 Å². The molecule has 0 saturated carbocycles. The Hall–Kier alpha value is -1.40. The average molecular weight is 240 g/mol. The van der Waals surface area contributed by atoms with E-state index in [9.17, 15) is 9.59 Å². The van der Waals surface area contributed by atoms with Gasteiger partial charge >= 0.3 is 5.97 Å². The van der Waals surface area contributed by atoms with Crippen LogP contribution in [0.4, 0.5) is 0 Å². The number of hydrogen-bond donors (Lipinski definition) is 2. The van der Waals surface area contributed by atoms with Gasteiger partial charge < -0.3 is 20.5 Å². The highest BCUT2D eigenvalue weighted by Gasteiger charge is 2.36. The van der Waals surface area contributed by atoms with E-state index in [1.807, 2.05) is 0 Å². The normalized spacial score (nSPS) is 32.8. The maximum Gasteiger partial charge on any atom is 0.328 e. The van der Waals surface area contributed by atoms with Crippen molar-refractivity contribution in [3.05, 3.63) is 12.2 Å². The fourth-order valence-electron chi connectivity index (χ4n) is 2.20. The number of rotatable bonds is 2. The van der Waals surface area contributed by atoms with Crippen LogP contribution >= 0.6 is 0 Å². The molecule has 3 unspecified atom stereocenters. The van der Waals surface area contributed by atoms with Crippen molar-refractivity contribution in [2.45, 2.75) is 18.5 Å². The molecule has 1 amide bonds. The first-order valence-electron chi connectivity index (χ1n) is 5.64. The Morgan fingerprint density at radius 2 is 2.18 bits per heavy atom. The lowest BCUT2D eigenvalue weighted by atomic mass is 10.0. The van der Waals surface area contributed by atoms with Gasteiger partial charge in [0.1, 0.15) is 0 Å². The molecule has 3 N–H and O–H groups in total. The summed E-state index contributed by atoms with van der Waals surface area (Å²) in [6.45, 7) is 0.775. The molecular formula is C11H16N2O4. The highest BCUT2D eigenvalue weighted by molar-refractivity contribution is 5.86. The topological polar surface area (TPSA) is 92.9 Å². The Labute approximate surface area is 99.0 Å². The molecule has 6 nitrogen and oxygen atoms in total. The quantitative estimate of drug-likeness (QED) is 0.616. The maximum atomic E-state index is 12.2. The first-order chi connectivity index (χ1) is 8.09. The number of hydrogen-bond acceptors (Lipinski definition) is 4. The number of carbonyl (C=O) groups excluding carboxylic acids is 1. The minimum atomic E-state index is -1.02. The zero-order chi connectivity index (χ0) is 12.4. The summed E-state index contributed by atoms with van der Waals surface area (Å²) in [5.74, 6) is -1.47. The van der Waals surface area contributed by atoms with E-state index in [2.05, 4.69) is 0 Å². The van der Waals surface area contributed by atoms with Crippen molar-refractivity contribution in [3.63, 3.8) is 0 Å². The van der Waals surface area contributed by atoms with Crippen LogP contribution in [0.1, 0.15) is 6.42 Å². The van der Waals surface area contributed by atoms with E-state index < -0.39 is 12.0 Å². The Morgan fingerprint density at radius 1 is 1.41 bits per heavy atom. The van der Waals surface area contributed by atoms with Crippen molar-refractivity contribution in [2.24, 2.45) is 11.7 Å². The summed E-state index contributed by atoms with van der Waals surface area (Å²) in [5, 5.41) is 9.04. The van der Waals surface area contributed by atoms with Gasteiger partial charge in [0.15, 0.2) is 6.04 Å². The van der Waals surface area contributed by atoms with Gasteiger partial charge in [-0.15, -0.1) is 0 Å². The molecule has 2 aliphatic rings. The predicted molar refractivity (Wildman–Crippen MR) is 59.2 cm³/mol. The van der Waals surface area contributed by atoms with E-state index in [0.29, 0.717) is 19.6 Å². The van der Waals surface area contributed by atoms with Crippen LogP contribution in [0.2, 0.25) is 0 Å². The van der Waals surface area contributed by atoms with E-state index >= 15 is 0 Å². The van der Waals surface area contributed by atoms with Gasteiger partial charge in [-0.2, -0.15) is 0 Å². The van der Waals surface area contributed by atoms with E-state index in [4.69, 9.17) is 15.6 Å². The lowest BCUT2D eigenvalue weighted by Gasteiger charge is -2.34. The van der Waals surface area contributed by atoms with Crippen molar-refractivity contribution >= 4 is 11.9 Å². The van der Waals surface area contributed by atoms with E-state index in [1.54, 1.807) is 12.2 Å². The van der Waals surface area contributed by atoms with Crippen molar-refractivity contribution in [1.82, 2.24) is 4.90 Å². The van der Waals surface area contributed by atoms with Crippen molar-refractivity contribution in [3.8, 4) is 0 Å². The zero-order valence-electron chi connectivity index (χ0n) is 9.41. The van der Waals surface area contributed by atoms with Crippen LogP contribution in [-0.4, -0.2) is 53.7 Å². The van der Waals surface area contributed by atoms with E-state index in [0.717, 1.165) is 0 Å². The van der Waals surface area contributed by atoms with Crippen LogP contribution in [-0.2, 0) is 14.3 Å². The standard InChI is InChI=1S/C11H16N2O4/c12-8-2-1-7(5-8)10(14)13-3-4-17-6-9(13)11(15)16/h1-2,7-9H,3-6,12H2,(H,15,16). The number of morpholine rings is 1. The Bertz CT molecular complexity index is 355. The van der Waals surface area contributed by atoms with Gasteiger partial charge in [-0.25, -0.2) is 4.79 Å². The van der Waals surface area contributed by atoms with Gasteiger partial charge in [0.2, 0.25) is 5.91 Å². The number of nitrogens with zero attached hydrogens (tertiary/aromatic N) is 1. The summed E-state index contributed by atoms with van der Waals surface area (Å²) in [6, 6.07) is -0.977. The van der Waals surface area contributed by atoms with Crippen LogP contribution in [0.15, 0.2) is 12.2 Å². The zero-order valence-corrected chi connectivity index (χ0v) is 9.41. The van der Waals surface area contributed by atoms with Crippen LogP contribution in [0.3, 0.4) is 0 Å². The molecule has 0 aromatic carbocycles. The molecule has 0 spiro atoms. The van der Waals surface area contributed by atoms with Crippen LogP contribution < -0.4 is 5.73 Å². The molecule has 1 aliphatic heterocycles. The van der Waals surface area contributed by atoms with Gasteiger partial charge in [-0.05, 0) is 6.42 Å². The van der Waals surface area contributed by atoms with Gasteiger partial charge in [0, 0.05) is 12.6 Å². The number of carbonyl (C=O) groups is 2. The SMILES string of the molecule is NC1C=CC(C(=O)N2CCOCC2C(=O)O)C1. The molecule has 0 radical (unpaired) electrons. The molecule has 1 fully saturated rings. The molecule has 1 aliphatic carbocycles. The second-order valence-electron chi connectivity index (χ2n) is 4.35. The summed E-state index contributed by atoms with van der Waals surface area (Å²) in [4.78, 5) is 24.6. The monoisotopic (exact) mass is 240 g/mol. The van der Waals surface area contributed by atoms with Crippen molar-refractivity contribution in [2.75, 3.05) is 19.8 Å². The predicted octanol–water partition coefficient (Wildman–Crippen LogP) is -0.798. The maximum absolute atomic E-state index is 12.2. The number of carboxylic acids is 1. The second kappa shape index (κ2) is 4.85. The Morgan fingerprint density at radius 3 is 2.76 bits per heavy atom. The molecule has 0 bridgehead atoms. The lowest BCUT2D eigenvalue weighted by Crippen LogP contribution is -2.54. The Balaban J connectivity index is 2.06. The minimum Gasteiger partial charge on any atom is -0.480 e. The summed E-state index contributed by atoms with van der Waals surface area (Å²) in [7, 11) is 0. The average Bonchev–Trinajstić information content (AvgIpc) is 2.75. The third-order valence-electron chi connectivity index (χ3n) is 3.13. The lowest BCUT2D eigenvalue weighted by molar-refractivity contribution is -0.159. The summed E-state index contributed by atoms with van der Waals surface area (Å²) in [5.41, 5.74) is 5.69. The Kier molecular flexibility index (Phi) is 3.44. The molecule has 0 aromatic heterocycles. The second-order valence-corrected chi connectivity index (χ2v) is 4.35. The number of carboxylic acid groups (broad SMARTS) is 1. The number of amides is 1. The third kappa shape index (κ3) is 2.48. The molecule has 1 heterocycles. The first kappa shape index (κ1) is 12.1. The van der Waals surface area contributed by atoms with Crippen molar-refractivity contribution < 1.29 is 19.4 Å². The summed E-state index contributed by atoms with van der Waals surface area (Å²) in [6.07, 6.45) is 4.11. The first-order valence-corrected chi connectivity index (χ1v) is 5.64.